The molecule has 2 bridgehead atoms. The van der Waals surface area contributed by atoms with Crippen LogP contribution in [0.2, 0.25) is 10.0 Å². The standard InChI is InChI=1S/C45H50Cl2N6O5/c1-52(38-14-16-45(44(55)56)15-6-7-27(38)20-45)25-30-17-36(46)29(19-40(30)57-2)26-53-39-11-5-9-33(35(39)23-50-53)34-10-4-8-32(43(34)47)28-18-41(58-3)37(49-21-28)24-48-22-31-12-13-42(54)51-31/h4-5,8-11,17-19,21,23,27,31,38,48H,6-7,12-16,20,22,24-26H2,1-3H3,(H,51,54)(H,55,56)/t27?,31-,38?,45?/m0/s1. The monoisotopic (exact) mass is 824 g/mol. The summed E-state index contributed by atoms with van der Waals surface area (Å²) >= 11 is 14.2. The van der Waals surface area contributed by atoms with Crippen molar-refractivity contribution >= 4 is 46.0 Å². The zero-order chi connectivity index (χ0) is 40.6. The molecule has 11 nitrogen and oxygen atoms in total. The van der Waals surface area contributed by atoms with Gasteiger partial charge >= 0.3 is 5.97 Å². The third-order valence-electron chi connectivity index (χ3n) is 12.8. The van der Waals surface area contributed by atoms with Gasteiger partial charge < -0.3 is 25.2 Å². The molecule has 58 heavy (non-hydrogen) atoms. The first kappa shape index (κ1) is 40.1. The van der Waals surface area contributed by atoms with Gasteiger partial charge in [0.2, 0.25) is 5.91 Å². The summed E-state index contributed by atoms with van der Waals surface area (Å²) in [6.07, 6.45) is 10.3. The number of ether oxygens (including phenoxy) is 2. The summed E-state index contributed by atoms with van der Waals surface area (Å²) < 4.78 is 13.6. The van der Waals surface area contributed by atoms with Gasteiger partial charge in [-0.25, -0.2) is 0 Å². The first-order valence-corrected chi connectivity index (χ1v) is 20.9. The van der Waals surface area contributed by atoms with Gasteiger partial charge in [0.1, 0.15) is 11.5 Å². The SMILES string of the molecule is COc1cc(Cn2ncc3c(-c4cccc(-c5cnc(CNC[C@@H]6CCC(=O)N6)c(OC)c5)c4Cl)cccc32)c(Cl)cc1CN(C)C1CCC2(C(=O)O)CCCC1C2. The van der Waals surface area contributed by atoms with Crippen LogP contribution in [0.3, 0.4) is 0 Å². The van der Waals surface area contributed by atoms with E-state index in [4.69, 9.17) is 42.8 Å². The molecule has 13 heteroatoms. The Kier molecular flexibility index (Phi) is 11.7. The highest BCUT2D eigenvalue weighted by atomic mass is 35.5. The number of halogens is 2. The van der Waals surface area contributed by atoms with Gasteiger partial charge in [-0.3, -0.25) is 24.2 Å². The van der Waals surface area contributed by atoms with Crippen LogP contribution in [0.5, 0.6) is 11.5 Å². The van der Waals surface area contributed by atoms with E-state index in [1.54, 1.807) is 14.2 Å². The Morgan fingerprint density at radius 1 is 1.00 bits per heavy atom. The lowest BCUT2D eigenvalue weighted by Crippen LogP contribution is -2.49. The van der Waals surface area contributed by atoms with E-state index in [0.717, 1.165) is 101 Å². The summed E-state index contributed by atoms with van der Waals surface area (Å²) in [6, 6.07) is 18.6. The number of fused-ring (bicyclic) bond motifs is 3. The van der Waals surface area contributed by atoms with Crippen molar-refractivity contribution in [2.75, 3.05) is 27.8 Å². The number of methoxy groups -OCH3 is 2. The Balaban J connectivity index is 0.995. The highest BCUT2D eigenvalue weighted by Crippen LogP contribution is 2.50. The summed E-state index contributed by atoms with van der Waals surface area (Å²) in [5.41, 5.74) is 6.57. The molecule has 4 atom stereocenters. The molecule has 304 valence electrons. The average Bonchev–Trinajstić information content (AvgIpc) is 3.84. The lowest BCUT2D eigenvalue weighted by molar-refractivity contribution is -0.156. The fourth-order valence-corrected chi connectivity index (χ4v) is 10.3. The predicted octanol–water partition coefficient (Wildman–Crippen LogP) is 8.36. The summed E-state index contributed by atoms with van der Waals surface area (Å²) in [4.78, 5) is 30.8. The van der Waals surface area contributed by atoms with E-state index in [9.17, 15) is 14.7 Å². The lowest BCUT2D eigenvalue weighted by atomic mass is 9.60. The maximum atomic E-state index is 12.2. The van der Waals surface area contributed by atoms with Gasteiger partial charge in [0, 0.05) is 77.0 Å². The smallest absolute Gasteiger partial charge is 0.309 e. The first-order chi connectivity index (χ1) is 28.1. The molecule has 1 amide bonds. The lowest BCUT2D eigenvalue weighted by Gasteiger charge is -2.49. The van der Waals surface area contributed by atoms with Crippen molar-refractivity contribution in [2.45, 2.75) is 83.1 Å². The number of carbonyl (C=O) groups is 2. The second kappa shape index (κ2) is 16.9. The van der Waals surface area contributed by atoms with E-state index in [0.29, 0.717) is 60.4 Å². The van der Waals surface area contributed by atoms with Gasteiger partial charge in [-0.2, -0.15) is 5.10 Å². The number of nitrogens with one attached hydrogen (secondary N) is 2. The number of hydrogen-bond acceptors (Lipinski definition) is 8. The average molecular weight is 826 g/mol. The van der Waals surface area contributed by atoms with E-state index in [2.05, 4.69) is 34.7 Å². The van der Waals surface area contributed by atoms with E-state index < -0.39 is 11.4 Å². The first-order valence-electron chi connectivity index (χ1n) is 20.1. The molecule has 0 spiro atoms. The van der Waals surface area contributed by atoms with Crippen LogP contribution >= 0.6 is 23.2 Å². The molecule has 0 radical (unpaired) electrons. The van der Waals surface area contributed by atoms with Gasteiger partial charge in [0.05, 0.1) is 48.6 Å². The Bertz CT molecular complexity index is 2350. The van der Waals surface area contributed by atoms with E-state index in [1.807, 2.05) is 59.5 Å². The number of benzene rings is 3. The predicted molar refractivity (Wildman–Crippen MR) is 226 cm³/mol. The molecule has 3 N–H and O–H groups in total. The molecule has 3 aliphatic rings. The number of aliphatic carboxylic acids is 1. The minimum Gasteiger partial charge on any atom is -0.496 e. The van der Waals surface area contributed by atoms with Crippen LogP contribution < -0.4 is 20.1 Å². The van der Waals surface area contributed by atoms with Crippen LogP contribution in [0.4, 0.5) is 0 Å². The molecule has 3 fully saturated rings. The highest BCUT2D eigenvalue weighted by Gasteiger charge is 2.49. The Hall–Kier alpha value is -4.68. The van der Waals surface area contributed by atoms with Gasteiger partial charge in [0.15, 0.2) is 0 Å². The number of carboxylic acid groups (broad SMARTS) is 1. The number of rotatable bonds is 14. The molecule has 2 saturated carbocycles. The maximum absolute atomic E-state index is 12.2. The van der Waals surface area contributed by atoms with Crippen LogP contribution in [-0.2, 0) is 29.2 Å². The van der Waals surface area contributed by atoms with E-state index >= 15 is 0 Å². The number of aromatic nitrogens is 3. The molecule has 8 rings (SSSR count). The number of pyridine rings is 1. The van der Waals surface area contributed by atoms with Crippen molar-refractivity contribution in [3.05, 3.63) is 93.9 Å². The second-order valence-corrected chi connectivity index (χ2v) is 17.0. The summed E-state index contributed by atoms with van der Waals surface area (Å²) in [5.74, 6) is 1.26. The Morgan fingerprint density at radius 3 is 2.57 bits per heavy atom. The highest BCUT2D eigenvalue weighted by molar-refractivity contribution is 6.36. The topological polar surface area (TPSA) is 131 Å². The van der Waals surface area contributed by atoms with Crippen molar-refractivity contribution in [3.63, 3.8) is 0 Å². The molecule has 1 saturated heterocycles. The van der Waals surface area contributed by atoms with Crippen LogP contribution in [-0.4, -0.2) is 76.5 Å². The number of carbonyl (C=O) groups excluding carboxylic acids is 1. The molecule has 3 unspecified atom stereocenters. The molecule has 1 aliphatic heterocycles. The molecule has 2 aromatic heterocycles. The van der Waals surface area contributed by atoms with Gasteiger partial charge in [-0.05, 0) is 86.9 Å². The van der Waals surface area contributed by atoms with E-state index in [-0.39, 0.29) is 11.9 Å². The van der Waals surface area contributed by atoms with Crippen LogP contribution in [0.15, 0.2) is 67.0 Å². The minimum atomic E-state index is -0.628. The van der Waals surface area contributed by atoms with Gasteiger partial charge in [-0.15, -0.1) is 0 Å². The van der Waals surface area contributed by atoms with Crippen molar-refractivity contribution in [1.29, 1.82) is 0 Å². The number of amides is 1. The zero-order valence-electron chi connectivity index (χ0n) is 33.2. The molecule has 3 heterocycles. The molecular formula is C45H50Cl2N6O5. The fraction of sp³-hybridized carbons (Fsp3) is 0.422. The van der Waals surface area contributed by atoms with Crippen LogP contribution in [0.1, 0.15) is 68.2 Å². The maximum Gasteiger partial charge on any atom is 0.309 e. The molecule has 3 aromatic carbocycles. The number of carboxylic acids is 1. The third-order valence-corrected chi connectivity index (χ3v) is 13.5. The summed E-state index contributed by atoms with van der Waals surface area (Å²) in [6.45, 7) is 2.27. The summed E-state index contributed by atoms with van der Waals surface area (Å²) in [7, 11) is 5.45. The van der Waals surface area contributed by atoms with Crippen LogP contribution in [0, 0.1) is 11.3 Å². The number of nitrogens with zero attached hydrogens (tertiary/aromatic N) is 4. The van der Waals surface area contributed by atoms with Crippen molar-refractivity contribution < 1.29 is 24.2 Å². The van der Waals surface area contributed by atoms with Crippen molar-refractivity contribution in [3.8, 4) is 33.8 Å². The quantitative estimate of drug-likeness (QED) is 0.101. The van der Waals surface area contributed by atoms with Gasteiger partial charge in [-0.1, -0.05) is 60.0 Å². The largest absolute Gasteiger partial charge is 0.496 e. The van der Waals surface area contributed by atoms with E-state index in [1.165, 1.54) is 0 Å². The third kappa shape index (κ3) is 7.89. The normalized spacial score (nSPS) is 21.7. The second-order valence-electron chi connectivity index (χ2n) is 16.2. The molecule has 2 aliphatic carbocycles. The zero-order valence-corrected chi connectivity index (χ0v) is 34.7. The Morgan fingerprint density at radius 2 is 1.79 bits per heavy atom. The van der Waals surface area contributed by atoms with Crippen LogP contribution in [0.25, 0.3) is 33.2 Å². The number of hydrogen-bond donors (Lipinski definition) is 3. The van der Waals surface area contributed by atoms with Crippen molar-refractivity contribution in [2.24, 2.45) is 11.3 Å². The Labute approximate surface area is 349 Å². The molecule has 5 aromatic rings. The minimum absolute atomic E-state index is 0.0978. The molecular weight excluding hydrogens is 775 g/mol. The van der Waals surface area contributed by atoms with Gasteiger partial charge in [0.25, 0.3) is 0 Å². The fourth-order valence-electron chi connectivity index (χ4n) is 9.68. The summed E-state index contributed by atoms with van der Waals surface area (Å²) in [5, 5.41) is 23.4. The van der Waals surface area contributed by atoms with Crippen molar-refractivity contribution in [1.82, 2.24) is 30.3 Å².